The number of hydrogen-bond donors (Lipinski definition) is 1. The lowest BCUT2D eigenvalue weighted by atomic mass is 10.2. The van der Waals surface area contributed by atoms with Gasteiger partial charge in [-0.05, 0) is 43.3 Å². The Hall–Kier alpha value is -1.83. The first-order chi connectivity index (χ1) is 9.88. The van der Waals surface area contributed by atoms with Crippen molar-refractivity contribution >= 4 is 17.6 Å². The molecule has 0 unspecified atom stereocenters. The first-order valence-corrected chi connectivity index (χ1v) is 7.00. The molecule has 0 aliphatic rings. The van der Waals surface area contributed by atoms with Gasteiger partial charge in [-0.1, -0.05) is 0 Å². The Labute approximate surface area is 124 Å². The summed E-state index contributed by atoms with van der Waals surface area (Å²) in [4.78, 5) is 12.2. The van der Waals surface area contributed by atoms with Crippen LogP contribution in [0, 0.1) is 6.92 Å². The lowest BCUT2D eigenvalue weighted by Gasteiger charge is -2.11. The summed E-state index contributed by atoms with van der Waals surface area (Å²) in [6, 6.07) is 1.98. The summed E-state index contributed by atoms with van der Waals surface area (Å²) in [7, 11) is 0. The molecule has 0 bridgehead atoms. The molecule has 4 nitrogen and oxygen atoms in total. The SMILES string of the molecule is CCNc1cc(C(F)(F)F)cc(Sc2ncc(C)cn2)n1. The quantitative estimate of drug-likeness (QED) is 0.870. The zero-order valence-electron chi connectivity index (χ0n) is 11.4. The molecule has 0 saturated heterocycles. The van der Waals surface area contributed by atoms with Crippen LogP contribution < -0.4 is 5.32 Å². The fraction of sp³-hybridized carbons (Fsp3) is 0.308. The van der Waals surface area contributed by atoms with E-state index in [0.29, 0.717) is 11.7 Å². The van der Waals surface area contributed by atoms with Gasteiger partial charge in [0, 0.05) is 18.9 Å². The van der Waals surface area contributed by atoms with Crippen LogP contribution in [0.4, 0.5) is 19.0 Å². The second-order valence-corrected chi connectivity index (χ2v) is 5.24. The van der Waals surface area contributed by atoms with Gasteiger partial charge in [0.2, 0.25) is 0 Å². The molecule has 112 valence electrons. The van der Waals surface area contributed by atoms with Crippen molar-refractivity contribution in [3.8, 4) is 0 Å². The van der Waals surface area contributed by atoms with Crippen LogP contribution in [0.1, 0.15) is 18.1 Å². The average molecular weight is 314 g/mol. The lowest BCUT2D eigenvalue weighted by Crippen LogP contribution is -2.08. The third-order valence-corrected chi connectivity index (χ3v) is 3.25. The molecule has 1 N–H and O–H groups in total. The molecule has 2 aromatic rings. The summed E-state index contributed by atoms with van der Waals surface area (Å²) in [5.74, 6) is 0.182. The van der Waals surface area contributed by atoms with E-state index < -0.39 is 11.7 Å². The fourth-order valence-electron chi connectivity index (χ4n) is 1.52. The zero-order valence-corrected chi connectivity index (χ0v) is 12.2. The Morgan fingerprint density at radius 3 is 2.43 bits per heavy atom. The van der Waals surface area contributed by atoms with Gasteiger partial charge in [0.15, 0.2) is 5.16 Å². The number of aryl methyl sites for hydroxylation is 1. The second kappa shape index (κ2) is 6.30. The largest absolute Gasteiger partial charge is 0.416 e. The summed E-state index contributed by atoms with van der Waals surface area (Å²) in [6.07, 6.45) is -1.21. The first-order valence-electron chi connectivity index (χ1n) is 6.18. The molecule has 2 rings (SSSR count). The summed E-state index contributed by atoms with van der Waals surface area (Å²) in [6.45, 7) is 4.11. The van der Waals surface area contributed by atoms with Crippen LogP contribution >= 0.6 is 11.8 Å². The third-order valence-electron chi connectivity index (χ3n) is 2.44. The number of hydrogen-bond acceptors (Lipinski definition) is 5. The molecular weight excluding hydrogens is 301 g/mol. The van der Waals surface area contributed by atoms with Crippen molar-refractivity contribution in [1.29, 1.82) is 0 Å². The Kier molecular flexibility index (Phi) is 4.66. The highest BCUT2D eigenvalue weighted by Gasteiger charge is 2.31. The van der Waals surface area contributed by atoms with E-state index in [2.05, 4.69) is 20.3 Å². The van der Waals surface area contributed by atoms with E-state index in [1.54, 1.807) is 19.3 Å². The van der Waals surface area contributed by atoms with E-state index in [9.17, 15) is 13.2 Å². The highest BCUT2D eigenvalue weighted by Crippen LogP contribution is 2.34. The van der Waals surface area contributed by atoms with Crippen LogP contribution in [-0.2, 0) is 6.18 Å². The molecule has 0 saturated carbocycles. The highest BCUT2D eigenvalue weighted by molar-refractivity contribution is 7.99. The van der Waals surface area contributed by atoms with E-state index in [0.717, 1.165) is 29.5 Å². The van der Waals surface area contributed by atoms with E-state index in [1.807, 2.05) is 6.92 Å². The molecule has 0 fully saturated rings. The second-order valence-electron chi connectivity index (χ2n) is 4.25. The molecule has 8 heteroatoms. The van der Waals surface area contributed by atoms with Gasteiger partial charge in [-0.2, -0.15) is 13.2 Å². The van der Waals surface area contributed by atoms with Gasteiger partial charge in [0.05, 0.1) is 5.56 Å². The Morgan fingerprint density at radius 2 is 1.86 bits per heavy atom. The Balaban J connectivity index is 2.33. The van der Waals surface area contributed by atoms with Gasteiger partial charge < -0.3 is 5.32 Å². The normalized spacial score (nSPS) is 11.5. The van der Waals surface area contributed by atoms with Crippen molar-refractivity contribution in [3.05, 3.63) is 35.7 Å². The summed E-state index contributed by atoms with van der Waals surface area (Å²) in [5, 5.41) is 3.35. The minimum Gasteiger partial charge on any atom is -0.370 e. The van der Waals surface area contributed by atoms with Crippen molar-refractivity contribution in [2.45, 2.75) is 30.2 Å². The van der Waals surface area contributed by atoms with E-state index in [-0.39, 0.29) is 10.8 Å². The van der Waals surface area contributed by atoms with Crippen LogP contribution in [0.3, 0.4) is 0 Å². The van der Waals surface area contributed by atoms with Crippen LogP contribution in [0.5, 0.6) is 0 Å². The van der Waals surface area contributed by atoms with Gasteiger partial charge in [-0.25, -0.2) is 15.0 Å². The monoisotopic (exact) mass is 314 g/mol. The highest BCUT2D eigenvalue weighted by atomic mass is 32.2. The van der Waals surface area contributed by atoms with Crippen LogP contribution in [0.25, 0.3) is 0 Å². The van der Waals surface area contributed by atoms with Gasteiger partial charge in [-0.3, -0.25) is 0 Å². The van der Waals surface area contributed by atoms with Crippen LogP contribution in [0.2, 0.25) is 0 Å². The smallest absolute Gasteiger partial charge is 0.370 e. The Bertz CT molecular complexity index is 614. The number of anilines is 1. The topological polar surface area (TPSA) is 50.7 Å². The van der Waals surface area contributed by atoms with Crippen molar-refractivity contribution in [1.82, 2.24) is 15.0 Å². The summed E-state index contributed by atoms with van der Waals surface area (Å²) in [5.41, 5.74) is 0.132. The molecule has 0 radical (unpaired) electrons. The van der Waals surface area contributed by atoms with E-state index in [1.165, 1.54) is 0 Å². The van der Waals surface area contributed by atoms with Crippen molar-refractivity contribution in [3.63, 3.8) is 0 Å². The molecule has 0 aromatic carbocycles. The molecule has 0 amide bonds. The van der Waals surface area contributed by atoms with Crippen molar-refractivity contribution in [2.24, 2.45) is 0 Å². The number of halogens is 3. The van der Waals surface area contributed by atoms with Crippen LogP contribution in [-0.4, -0.2) is 21.5 Å². The van der Waals surface area contributed by atoms with Gasteiger partial charge >= 0.3 is 6.18 Å². The number of aromatic nitrogens is 3. The number of nitrogens with one attached hydrogen (secondary N) is 1. The standard InChI is InChI=1S/C13H13F3N4S/c1-3-17-10-4-9(13(14,15)16)5-11(20-10)21-12-18-6-8(2)7-19-12/h4-7H,3H2,1-2H3,(H,17,20). The zero-order chi connectivity index (χ0) is 15.5. The molecule has 0 spiro atoms. The predicted octanol–water partition coefficient (Wildman–Crippen LogP) is 3.78. The molecular formula is C13H13F3N4S. The van der Waals surface area contributed by atoms with Crippen LogP contribution in [0.15, 0.2) is 34.7 Å². The summed E-state index contributed by atoms with van der Waals surface area (Å²) < 4.78 is 38.7. The van der Waals surface area contributed by atoms with Gasteiger partial charge in [0.25, 0.3) is 0 Å². The predicted molar refractivity (Wildman–Crippen MR) is 74.3 cm³/mol. The molecule has 2 heterocycles. The number of rotatable bonds is 4. The summed E-state index contributed by atoms with van der Waals surface area (Å²) >= 11 is 0.993. The number of alkyl halides is 3. The molecule has 0 atom stereocenters. The molecule has 21 heavy (non-hydrogen) atoms. The fourth-order valence-corrected chi connectivity index (χ4v) is 2.25. The van der Waals surface area contributed by atoms with Gasteiger partial charge in [0.1, 0.15) is 10.8 Å². The maximum Gasteiger partial charge on any atom is 0.416 e. The molecule has 0 aliphatic heterocycles. The van der Waals surface area contributed by atoms with E-state index >= 15 is 0 Å². The minimum absolute atomic E-state index is 0.182. The molecule has 2 aromatic heterocycles. The minimum atomic E-state index is -4.42. The average Bonchev–Trinajstić information content (AvgIpc) is 2.41. The van der Waals surface area contributed by atoms with Gasteiger partial charge in [-0.15, -0.1) is 0 Å². The van der Waals surface area contributed by atoms with Crippen molar-refractivity contribution < 1.29 is 13.2 Å². The third kappa shape index (κ3) is 4.32. The number of nitrogens with zero attached hydrogens (tertiary/aromatic N) is 3. The maximum absolute atomic E-state index is 12.9. The lowest BCUT2D eigenvalue weighted by molar-refractivity contribution is -0.137. The Morgan fingerprint density at radius 1 is 1.19 bits per heavy atom. The molecule has 0 aliphatic carbocycles. The van der Waals surface area contributed by atoms with E-state index in [4.69, 9.17) is 0 Å². The maximum atomic E-state index is 12.9. The van der Waals surface area contributed by atoms with Crippen molar-refractivity contribution in [2.75, 3.05) is 11.9 Å². The number of pyridine rings is 1. The first kappa shape index (κ1) is 15.6.